The molecule has 0 bridgehead atoms. The van der Waals surface area contributed by atoms with Crippen molar-refractivity contribution < 1.29 is 4.74 Å². The monoisotopic (exact) mass is 440 g/mol. The molecule has 0 aromatic heterocycles. The fourth-order valence-electron chi connectivity index (χ4n) is 4.08. The molecule has 0 aromatic carbocycles. The maximum atomic E-state index is 5.68. The molecule has 1 heteroatoms. The van der Waals surface area contributed by atoms with Gasteiger partial charge < -0.3 is 4.74 Å². The van der Waals surface area contributed by atoms with Crippen molar-refractivity contribution in [1.29, 1.82) is 0 Å². The summed E-state index contributed by atoms with van der Waals surface area (Å²) >= 11 is 0. The van der Waals surface area contributed by atoms with Gasteiger partial charge in [0, 0.05) is 0 Å². The molecule has 1 unspecified atom stereocenters. The zero-order valence-electron chi connectivity index (χ0n) is 22.7. The number of allylic oxidation sites excluding steroid dienone is 10. The van der Waals surface area contributed by atoms with Gasteiger partial charge in [-0.1, -0.05) is 65.2 Å². The van der Waals surface area contributed by atoms with Gasteiger partial charge in [0.15, 0.2) is 0 Å². The second-order valence-electron chi connectivity index (χ2n) is 10.6. The molecule has 0 amide bonds. The number of epoxide rings is 1. The zero-order chi connectivity index (χ0) is 24.0. The average Bonchev–Trinajstić information content (AvgIpc) is 3.34. The summed E-state index contributed by atoms with van der Waals surface area (Å²) in [5.41, 5.74) is 7.75. The number of hydrogen-bond donors (Lipinski definition) is 0. The number of unbranched alkanes of at least 4 members (excludes halogenated alkanes) is 1. The second kappa shape index (κ2) is 15.5. The Labute approximate surface area is 200 Å². The Morgan fingerprint density at radius 3 is 1.66 bits per heavy atom. The molecule has 1 nitrogen and oxygen atoms in total. The van der Waals surface area contributed by atoms with Gasteiger partial charge in [0.05, 0.1) is 11.7 Å². The molecule has 1 atom stereocenters. The zero-order valence-corrected chi connectivity index (χ0v) is 22.7. The van der Waals surface area contributed by atoms with Crippen LogP contribution >= 0.6 is 0 Å². The predicted molar refractivity (Wildman–Crippen MR) is 144 cm³/mol. The van der Waals surface area contributed by atoms with E-state index >= 15 is 0 Å². The summed E-state index contributed by atoms with van der Waals surface area (Å²) in [5.74, 6) is 0. The third-order valence-electron chi connectivity index (χ3n) is 6.59. The SMILES string of the molecule is CC/C(=C\CC/C=C(\C)CC/C=C(\C)CCC1OC1(C)C)CC/C=C(\C)CCC=C(C)C. The highest BCUT2D eigenvalue weighted by atomic mass is 16.6. The minimum Gasteiger partial charge on any atom is -0.367 e. The molecule has 1 aliphatic rings. The Morgan fingerprint density at radius 1 is 0.656 bits per heavy atom. The van der Waals surface area contributed by atoms with Crippen LogP contribution in [0.3, 0.4) is 0 Å². The maximum Gasteiger partial charge on any atom is 0.0892 e. The molecule has 1 aliphatic heterocycles. The molecular formula is C31H52O. The second-order valence-corrected chi connectivity index (χ2v) is 10.6. The summed E-state index contributed by atoms with van der Waals surface area (Å²) in [7, 11) is 0. The molecule has 0 spiro atoms. The van der Waals surface area contributed by atoms with E-state index in [4.69, 9.17) is 4.74 Å². The normalized spacial score (nSPS) is 19.3. The molecule has 0 radical (unpaired) electrons. The molecule has 0 aliphatic carbocycles. The molecule has 0 aromatic rings. The molecule has 1 heterocycles. The van der Waals surface area contributed by atoms with Crippen molar-refractivity contribution >= 4 is 0 Å². The summed E-state index contributed by atoms with van der Waals surface area (Å²) in [5, 5.41) is 0. The topological polar surface area (TPSA) is 12.5 Å². The van der Waals surface area contributed by atoms with Crippen LogP contribution in [0.2, 0.25) is 0 Å². The van der Waals surface area contributed by atoms with Crippen molar-refractivity contribution in [3.63, 3.8) is 0 Å². The lowest BCUT2D eigenvalue weighted by Crippen LogP contribution is -2.02. The van der Waals surface area contributed by atoms with Crippen molar-refractivity contribution in [2.24, 2.45) is 0 Å². The third-order valence-corrected chi connectivity index (χ3v) is 6.59. The molecule has 32 heavy (non-hydrogen) atoms. The fourth-order valence-corrected chi connectivity index (χ4v) is 4.08. The van der Waals surface area contributed by atoms with Crippen LogP contribution in [0.1, 0.15) is 126 Å². The molecule has 1 rings (SSSR count). The average molecular weight is 441 g/mol. The van der Waals surface area contributed by atoms with Gasteiger partial charge >= 0.3 is 0 Å². The van der Waals surface area contributed by atoms with Crippen molar-refractivity contribution in [1.82, 2.24) is 0 Å². The van der Waals surface area contributed by atoms with Crippen LogP contribution in [-0.2, 0) is 4.74 Å². The van der Waals surface area contributed by atoms with Crippen LogP contribution in [0.15, 0.2) is 58.2 Å². The van der Waals surface area contributed by atoms with E-state index in [0.29, 0.717) is 6.10 Å². The van der Waals surface area contributed by atoms with Gasteiger partial charge in [-0.3, -0.25) is 0 Å². The Bertz CT molecular complexity index is 692. The lowest BCUT2D eigenvalue weighted by molar-refractivity contribution is 0.320. The van der Waals surface area contributed by atoms with Crippen LogP contribution in [-0.4, -0.2) is 11.7 Å². The highest BCUT2D eigenvalue weighted by Gasteiger charge is 2.46. The maximum absolute atomic E-state index is 5.68. The van der Waals surface area contributed by atoms with Crippen LogP contribution in [0.25, 0.3) is 0 Å². The number of hydrogen-bond acceptors (Lipinski definition) is 1. The van der Waals surface area contributed by atoms with Gasteiger partial charge in [-0.05, 0) is 119 Å². The molecule has 1 fully saturated rings. The molecule has 1 saturated heterocycles. The standard InChI is InChI=1S/C31H52O/c1-9-29(22-14-20-27(5)17-12-15-25(2)3)21-11-10-16-26(4)18-13-19-28(6)23-24-30-31(7,8)32-30/h15-16,19-21,30H,9-14,17-18,22-24H2,1-8H3/b26-16+,27-20+,28-19+,29-21+. The van der Waals surface area contributed by atoms with Crippen LogP contribution in [0.4, 0.5) is 0 Å². The number of ether oxygens (including phenoxy) is 1. The summed E-state index contributed by atoms with van der Waals surface area (Å²) in [4.78, 5) is 0. The molecule has 182 valence electrons. The molecule has 0 saturated carbocycles. The van der Waals surface area contributed by atoms with E-state index in [1.165, 1.54) is 92.9 Å². The van der Waals surface area contributed by atoms with Gasteiger partial charge in [0.1, 0.15) is 0 Å². The first-order valence-electron chi connectivity index (χ1n) is 13.1. The van der Waals surface area contributed by atoms with Crippen LogP contribution in [0, 0.1) is 0 Å². The Morgan fingerprint density at radius 2 is 1.12 bits per heavy atom. The minimum absolute atomic E-state index is 0.132. The van der Waals surface area contributed by atoms with Crippen LogP contribution in [0.5, 0.6) is 0 Å². The van der Waals surface area contributed by atoms with Gasteiger partial charge in [-0.2, -0.15) is 0 Å². The van der Waals surface area contributed by atoms with Crippen molar-refractivity contribution in [3.8, 4) is 0 Å². The van der Waals surface area contributed by atoms with Crippen molar-refractivity contribution in [3.05, 3.63) is 58.2 Å². The highest BCUT2D eigenvalue weighted by Crippen LogP contribution is 2.38. The minimum atomic E-state index is 0.132. The van der Waals surface area contributed by atoms with Gasteiger partial charge in [-0.25, -0.2) is 0 Å². The molecular weight excluding hydrogens is 388 g/mol. The highest BCUT2D eigenvalue weighted by molar-refractivity contribution is 5.09. The Hall–Kier alpha value is -1.34. The van der Waals surface area contributed by atoms with E-state index in [9.17, 15) is 0 Å². The Balaban J connectivity index is 2.23. The summed E-state index contributed by atoms with van der Waals surface area (Å²) in [6, 6.07) is 0. The number of rotatable bonds is 16. The summed E-state index contributed by atoms with van der Waals surface area (Å²) in [6.07, 6.45) is 25.6. The fraction of sp³-hybridized carbons (Fsp3) is 0.677. The molecule has 0 N–H and O–H groups in total. The van der Waals surface area contributed by atoms with E-state index in [1.54, 1.807) is 5.57 Å². The van der Waals surface area contributed by atoms with Gasteiger partial charge in [0.2, 0.25) is 0 Å². The lowest BCUT2D eigenvalue weighted by atomic mass is 10.0. The largest absolute Gasteiger partial charge is 0.367 e. The van der Waals surface area contributed by atoms with Gasteiger partial charge in [0.25, 0.3) is 0 Å². The van der Waals surface area contributed by atoms with E-state index in [0.717, 1.165) is 0 Å². The van der Waals surface area contributed by atoms with Crippen molar-refractivity contribution in [2.45, 2.75) is 138 Å². The first-order valence-corrected chi connectivity index (χ1v) is 13.1. The third kappa shape index (κ3) is 13.9. The Kier molecular flexibility index (Phi) is 13.9. The van der Waals surface area contributed by atoms with Crippen molar-refractivity contribution in [2.75, 3.05) is 0 Å². The van der Waals surface area contributed by atoms with E-state index in [-0.39, 0.29) is 5.60 Å². The van der Waals surface area contributed by atoms with E-state index in [2.05, 4.69) is 85.8 Å². The smallest absolute Gasteiger partial charge is 0.0892 e. The summed E-state index contributed by atoms with van der Waals surface area (Å²) in [6.45, 7) is 17.9. The summed E-state index contributed by atoms with van der Waals surface area (Å²) < 4.78 is 5.68. The predicted octanol–water partition coefficient (Wildman–Crippen LogP) is 10.2. The van der Waals surface area contributed by atoms with E-state index in [1.807, 2.05) is 0 Å². The van der Waals surface area contributed by atoms with E-state index < -0.39 is 0 Å². The van der Waals surface area contributed by atoms with Gasteiger partial charge in [-0.15, -0.1) is 0 Å². The first kappa shape index (κ1) is 28.7. The first-order chi connectivity index (χ1) is 15.1. The van der Waals surface area contributed by atoms with Crippen LogP contribution < -0.4 is 0 Å². The lowest BCUT2D eigenvalue weighted by Gasteiger charge is -2.05. The quantitative estimate of drug-likeness (QED) is 0.132.